The van der Waals surface area contributed by atoms with Crippen LogP contribution in [0.15, 0.2) is 53.4 Å². The fourth-order valence-electron chi connectivity index (χ4n) is 5.88. The fraction of sp³-hybridized carbons (Fsp3) is 0.484. The number of hydrogen-bond acceptors (Lipinski definition) is 9. The fourth-order valence-corrected chi connectivity index (χ4v) is 7.27. The van der Waals surface area contributed by atoms with Crippen molar-refractivity contribution in [2.24, 2.45) is 11.1 Å². The lowest BCUT2D eigenvalue weighted by molar-refractivity contribution is -0.155. The van der Waals surface area contributed by atoms with Gasteiger partial charge in [0.25, 0.3) is 0 Å². The number of rotatable bonds is 11. The second-order valence-electron chi connectivity index (χ2n) is 11.3. The van der Waals surface area contributed by atoms with Crippen molar-refractivity contribution in [3.8, 4) is 5.75 Å². The van der Waals surface area contributed by atoms with E-state index < -0.39 is 51.7 Å². The van der Waals surface area contributed by atoms with Crippen LogP contribution in [0.3, 0.4) is 0 Å². The number of aromatic hydroxyl groups is 1. The summed E-state index contributed by atoms with van der Waals surface area (Å²) in [6.45, 7) is 1.22. The molecule has 0 radical (unpaired) electrons. The number of primary sulfonamides is 1. The van der Waals surface area contributed by atoms with Crippen LogP contribution in [0, 0.1) is 5.92 Å². The van der Waals surface area contributed by atoms with E-state index in [4.69, 9.17) is 9.88 Å². The first kappa shape index (κ1) is 33.5. The van der Waals surface area contributed by atoms with Gasteiger partial charge in [-0.1, -0.05) is 55.3 Å². The molecule has 1 aliphatic carbocycles. The van der Waals surface area contributed by atoms with Crippen molar-refractivity contribution >= 4 is 44.7 Å². The average molecular weight is 646 g/mol. The Kier molecular flexibility index (Phi) is 11.4. The Morgan fingerprint density at radius 1 is 1.05 bits per heavy atom. The Bertz CT molecular complexity index is 1460. The maximum atomic E-state index is 13.7. The zero-order chi connectivity index (χ0) is 31.9. The lowest BCUT2D eigenvalue weighted by Gasteiger charge is -2.30. The summed E-state index contributed by atoms with van der Waals surface area (Å²) in [7, 11) is -3.88. The summed E-state index contributed by atoms with van der Waals surface area (Å²) in [6.07, 6.45) is 6.37. The zero-order valence-electron chi connectivity index (χ0n) is 24.6. The van der Waals surface area contributed by atoms with Gasteiger partial charge in [-0.15, -0.1) is 0 Å². The summed E-state index contributed by atoms with van der Waals surface area (Å²) in [6, 6.07) is 10.9. The molecule has 3 atom stereocenters. The van der Waals surface area contributed by atoms with Crippen molar-refractivity contribution in [2.75, 3.05) is 13.2 Å². The van der Waals surface area contributed by atoms with E-state index in [0.29, 0.717) is 36.5 Å². The number of ether oxygens (including phenoxy) is 1. The number of nitrogens with two attached hydrogens (primary N) is 1. The quantitative estimate of drug-likeness (QED) is 0.310. The summed E-state index contributed by atoms with van der Waals surface area (Å²) in [5.74, 6) is -1.18. The summed E-state index contributed by atoms with van der Waals surface area (Å²) in [5, 5.41) is 16.7. The van der Waals surface area contributed by atoms with Crippen LogP contribution in [0.1, 0.15) is 69.0 Å². The molecule has 1 aliphatic heterocycles. The van der Waals surface area contributed by atoms with E-state index in [1.54, 1.807) is 18.2 Å². The number of phenols is 1. The Morgan fingerprint density at radius 2 is 1.75 bits per heavy atom. The molecular formula is C31H39N3O8S2. The van der Waals surface area contributed by atoms with Crippen molar-refractivity contribution in [2.45, 2.75) is 80.5 Å². The molecule has 13 heteroatoms. The number of amides is 2. The summed E-state index contributed by atoms with van der Waals surface area (Å²) >= 11 is 0.800. The van der Waals surface area contributed by atoms with Crippen LogP contribution in [0.2, 0.25) is 0 Å². The third-order valence-electron chi connectivity index (χ3n) is 8.07. The van der Waals surface area contributed by atoms with E-state index in [1.165, 1.54) is 48.6 Å². The second-order valence-corrected chi connectivity index (χ2v) is 14.3. The van der Waals surface area contributed by atoms with Crippen molar-refractivity contribution < 1.29 is 37.4 Å². The van der Waals surface area contributed by atoms with Gasteiger partial charge in [0, 0.05) is 6.92 Å². The predicted molar refractivity (Wildman–Crippen MR) is 165 cm³/mol. The third kappa shape index (κ3) is 9.05. The van der Waals surface area contributed by atoms with Crippen LogP contribution in [-0.4, -0.2) is 65.8 Å². The number of nitrogens with one attached hydrogen (secondary N) is 1. The normalized spacial score (nSPS) is 19.7. The molecular weight excluding hydrogens is 606 g/mol. The Labute approximate surface area is 261 Å². The predicted octanol–water partition coefficient (Wildman–Crippen LogP) is 3.20. The number of carbonyl (C=O) groups is 4. The number of carbonyl (C=O) groups excluding carboxylic acids is 4. The molecule has 11 nitrogen and oxygen atoms in total. The number of benzene rings is 2. The monoisotopic (exact) mass is 645 g/mol. The Balaban J connectivity index is 1.46. The van der Waals surface area contributed by atoms with Gasteiger partial charge in [0.1, 0.15) is 11.8 Å². The van der Waals surface area contributed by atoms with Gasteiger partial charge in [-0.25, -0.2) is 18.4 Å². The third-order valence-corrected chi connectivity index (χ3v) is 10.0. The second kappa shape index (κ2) is 15.0. The number of hydrogen-bond donors (Lipinski definition) is 3. The molecule has 4 rings (SSSR count). The Hall–Kier alpha value is -3.42. The van der Waals surface area contributed by atoms with Gasteiger partial charge in [0.05, 0.1) is 29.3 Å². The van der Waals surface area contributed by atoms with Gasteiger partial charge in [-0.2, -0.15) is 0 Å². The topological polar surface area (TPSA) is 173 Å². The molecule has 44 heavy (non-hydrogen) atoms. The minimum atomic E-state index is -3.88. The number of thioether (sulfide) groups is 1. The molecule has 238 valence electrons. The molecule has 2 aliphatic rings. The summed E-state index contributed by atoms with van der Waals surface area (Å²) in [4.78, 5) is 53.5. The van der Waals surface area contributed by atoms with Crippen LogP contribution in [0.5, 0.6) is 5.75 Å². The molecule has 1 heterocycles. The lowest BCUT2D eigenvalue weighted by atomic mass is 9.90. The first-order valence-electron chi connectivity index (χ1n) is 14.8. The highest BCUT2D eigenvalue weighted by Crippen LogP contribution is 2.38. The summed E-state index contributed by atoms with van der Waals surface area (Å²) in [5.41, 5.74) is 1.27. The molecule has 2 unspecified atom stereocenters. The van der Waals surface area contributed by atoms with Crippen molar-refractivity contribution in [1.29, 1.82) is 0 Å². The Morgan fingerprint density at radius 3 is 2.39 bits per heavy atom. The molecule has 0 bridgehead atoms. The maximum absolute atomic E-state index is 13.7. The summed E-state index contributed by atoms with van der Waals surface area (Å²) < 4.78 is 28.8. The molecule has 2 fully saturated rings. The first-order valence-corrected chi connectivity index (χ1v) is 17.2. The largest absolute Gasteiger partial charge is 0.508 e. The van der Waals surface area contributed by atoms with Crippen LogP contribution < -0.4 is 10.5 Å². The van der Waals surface area contributed by atoms with Crippen molar-refractivity contribution in [3.05, 3.63) is 59.7 Å². The van der Waals surface area contributed by atoms with Gasteiger partial charge in [0.15, 0.2) is 5.12 Å². The number of nitrogens with zero attached hydrogens (tertiary/aromatic N) is 1. The van der Waals surface area contributed by atoms with E-state index >= 15 is 0 Å². The van der Waals surface area contributed by atoms with E-state index in [2.05, 4.69) is 5.32 Å². The molecule has 0 aromatic heterocycles. The van der Waals surface area contributed by atoms with Gasteiger partial charge in [-0.3, -0.25) is 14.4 Å². The van der Waals surface area contributed by atoms with Crippen molar-refractivity contribution in [1.82, 2.24) is 10.2 Å². The minimum Gasteiger partial charge on any atom is -0.508 e. The van der Waals surface area contributed by atoms with Gasteiger partial charge < -0.3 is 20.1 Å². The highest BCUT2D eigenvalue weighted by atomic mass is 32.2. The lowest BCUT2D eigenvalue weighted by Crippen LogP contribution is -2.48. The van der Waals surface area contributed by atoms with Crippen molar-refractivity contribution in [3.63, 3.8) is 0 Å². The number of likely N-dealkylation sites (tertiary alicyclic amines) is 1. The number of phenolic OH excluding ortho intramolecular Hbond substituents is 1. The van der Waals surface area contributed by atoms with Crippen LogP contribution >= 0.6 is 11.8 Å². The molecule has 1 saturated carbocycles. The van der Waals surface area contributed by atoms with E-state index in [9.17, 15) is 32.7 Å². The van der Waals surface area contributed by atoms with E-state index in [-0.39, 0.29) is 22.2 Å². The molecule has 2 amide bonds. The van der Waals surface area contributed by atoms with Gasteiger partial charge in [0.2, 0.25) is 21.8 Å². The van der Waals surface area contributed by atoms with Gasteiger partial charge in [-0.05, 0) is 73.4 Å². The van der Waals surface area contributed by atoms with Gasteiger partial charge >= 0.3 is 5.97 Å². The SMILES string of the molecule is CC(=O)SC(Cc1ccc(S(N)(=O)=O)cc1)C(=O)NCC(=O)N1C(c2cccc(O)c2)CC[C@H]1C(=O)OCC1CCCCC1. The molecule has 4 N–H and O–H groups in total. The van der Waals surface area contributed by atoms with Crippen LogP contribution in [0.4, 0.5) is 0 Å². The highest BCUT2D eigenvalue weighted by molar-refractivity contribution is 8.14. The van der Waals surface area contributed by atoms with E-state index in [0.717, 1.165) is 37.4 Å². The smallest absolute Gasteiger partial charge is 0.328 e. The van der Waals surface area contributed by atoms with Crippen LogP contribution in [0.25, 0.3) is 0 Å². The standard InChI is InChI=1S/C31H39N3O8S2/c1-20(35)43-28(16-21-10-12-25(13-11-21)44(32,40)41)30(38)33-18-29(37)34-26(23-8-5-9-24(36)17-23)14-15-27(34)31(39)42-19-22-6-3-2-4-7-22/h5,8-13,17,22,26-28,36H,2-4,6-7,14-16,18-19H2,1H3,(H,33,38)(H2,32,40,41)/t26?,27-,28?/m0/s1. The average Bonchev–Trinajstić information content (AvgIpc) is 3.44. The zero-order valence-corrected chi connectivity index (χ0v) is 26.3. The maximum Gasteiger partial charge on any atom is 0.328 e. The molecule has 2 aromatic carbocycles. The number of sulfonamides is 1. The highest BCUT2D eigenvalue weighted by Gasteiger charge is 2.42. The molecule has 0 spiro atoms. The minimum absolute atomic E-state index is 0.0349. The van der Waals surface area contributed by atoms with E-state index in [1.807, 2.05) is 0 Å². The molecule has 1 saturated heterocycles. The number of esters is 1. The van der Waals surface area contributed by atoms with Crippen LogP contribution in [-0.2, 0) is 40.4 Å². The molecule has 2 aromatic rings. The first-order chi connectivity index (χ1) is 20.9.